The van der Waals surface area contributed by atoms with Crippen LogP contribution in [0.3, 0.4) is 0 Å². The maximum Gasteiger partial charge on any atom is 0.490 e. The normalized spacial score (nSPS) is 14.5. The first-order chi connectivity index (χ1) is 39.9. The lowest BCUT2D eigenvalue weighted by Gasteiger charge is -2.34. The molecule has 0 bridgehead atoms. The molecule has 12 N–H and O–H groups in total. The number of nitrogens with two attached hydrogens (primary N) is 4. The van der Waals surface area contributed by atoms with Crippen molar-refractivity contribution in [3.63, 3.8) is 0 Å². The zero-order valence-corrected chi connectivity index (χ0v) is 46.1. The number of halogens is 12. The van der Waals surface area contributed by atoms with E-state index >= 15 is 0 Å². The van der Waals surface area contributed by atoms with Crippen molar-refractivity contribution >= 4 is 59.3 Å². The van der Waals surface area contributed by atoms with Crippen LogP contribution < -0.4 is 22.9 Å². The molecule has 2 aromatic carbocycles. The van der Waals surface area contributed by atoms with Crippen LogP contribution in [-0.4, -0.2) is 225 Å². The maximum atomic E-state index is 14.3. The molecule has 0 unspecified atom stereocenters. The van der Waals surface area contributed by atoms with Crippen LogP contribution in [0.2, 0.25) is 0 Å². The second-order valence-corrected chi connectivity index (χ2v) is 17.9. The quantitative estimate of drug-likeness (QED) is 0.0698. The molecule has 86 heavy (non-hydrogen) atoms. The largest absolute Gasteiger partial charge is 0.490 e. The van der Waals surface area contributed by atoms with E-state index in [9.17, 15) is 81.5 Å². The van der Waals surface area contributed by atoms with E-state index in [2.05, 4.69) is 0 Å². The van der Waals surface area contributed by atoms with Gasteiger partial charge in [-0.2, -0.15) is 52.7 Å². The maximum absolute atomic E-state index is 14.3. The summed E-state index contributed by atoms with van der Waals surface area (Å²) in [6, 6.07) is 18.4. The fourth-order valence-electron chi connectivity index (χ4n) is 6.61. The van der Waals surface area contributed by atoms with Crippen LogP contribution in [-0.2, 0) is 61.0 Å². The predicted octanol–water partition coefficient (Wildman–Crippen LogP) is 2.86. The number of aliphatic carboxylic acids is 4. The van der Waals surface area contributed by atoms with Crippen LogP contribution in [0.5, 0.6) is 0 Å². The number of amides is 6. The zero-order valence-electron chi connectivity index (χ0n) is 46.1. The molecule has 36 heteroatoms. The van der Waals surface area contributed by atoms with E-state index < -0.39 is 84.0 Å². The molecule has 0 radical (unpaired) electrons. The lowest BCUT2D eigenvalue weighted by atomic mass is 10.2. The Bertz CT molecular complexity index is 2180. The molecule has 0 atom stereocenters. The Hall–Kier alpha value is -7.86. The van der Waals surface area contributed by atoms with E-state index in [1.54, 1.807) is 0 Å². The van der Waals surface area contributed by atoms with Crippen LogP contribution in [0.1, 0.15) is 62.5 Å². The van der Waals surface area contributed by atoms with Gasteiger partial charge in [0.1, 0.15) is 13.1 Å². The third-order valence-electron chi connectivity index (χ3n) is 11.0. The molecule has 2 aromatic rings. The van der Waals surface area contributed by atoms with Crippen LogP contribution in [0.15, 0.2) is 60.7 Å². The van der Waals surface area contributed by atoms with Crippen molar-refractivity contribution in [2.45, 2.75) is 89.2 Å². The Morgan fingerprint density at radius 3 is 0.651 bits per heavy atom. The number of carboxylic acids is 4. The zero-order chi connectivity index (χ0) is 66.4. The fourth-order valence-corrected chi connectivity index (χ4v) is 6.61. The summed E-state index contributed by atoms with van der Waals surface area (Å²) in [5, 5.41) is 28.5. The third kappa shape index (κ3) is 36.8. The van der Waals surface area contributed by atoms with Gasteiger partial charge in [0, 0.05) is 39.3 Å². The Morgan fingerprint density at radius 2 is 0.488 bits per heavy atom. The van der Waals surface area contributed by atoms with Crippen molar-refractivity contribution in [2.24, 2.45) is 22.9 Å². The van der Waals surface area contributed by atoms with Crippen LogP contribution in [0, 0.1) is 0 Å². The summed E-state index contributed by atoms with van der Waals surface area (Å²) in [6.07, 6.45) is -15.8. The molecule has 1 aliphatic heterocycles. The van der Waals surface area contributed by atoms with E-state index in [-0.39, 0.29) is 78.5 Å². The van der Waals surface area contributed by atoms with Gasteiger partial charge < -0.3 is 72.8 Å². The molecule has 1 saturated heterocycles. The van der Waals surface area contributed by atoms with E-state index in [4.69, 9.17) is 62.5 Å². The van der Waals surface area contributed by atoms with Gasteiger partial charge in [-0.05, 0) is 88.7 Å². The van der Waals surface area contributed by atoms with Gasteiger partial charge in [0.2, 0.25) is 35.4 Å². The molecule has 0 spiro atoms. The van der Waals surface area contributed by atoms with Crippen LogP contribution >= 0.6 is 0 Å². The average Bonchev–Trinajstić information content (AvgIpc) is 3.38. The number of unbranched alkanes of at least 4 members (excludes halogenated alkanes) is 4. The minimum atomic E-state index is -5.08. The SMILES string of the molecule is NCCCCN1CC(=O)N(Cc2ccccc2)CC(=O)N(CCCCN)CC(=O)N(CCCCN)CC(=O)N(Cc2ccccc2)CC(=O)N(CCCCN)CC1=O.O=C(O)C(F)(F)F.O=C(O)C(F)(F)F.O=C(O)C(F)(F)F.O=C(O)C(F)(F)F. The number of rotatable bonds is 20. The Kier molecular flexibility index (Phi) is 38.5. The number of carbonyl (C=O) groups is 10. The fraction of sp³-hybridized carbons (Fsp3) is 0.560. The number of hydrogen-bond acceptors (Lipinski definition) is 14. The van der Waals surface area contributed by atoms with Gasteiger partial charge >= 0.3 is 48.6 Å². The first-order valence-electron chi connectivity index (χ1n) is 25.6. The lowest BCUT2D eigenvalue weighted by molar-refractivity contribution is -0.193. The topological polar surface area (TPSA) is 375 Å². The number of benzene rings is 2. The monoisotopic (exact) mass is 1260 g/mol. The first-order valence-corrected chi connectivity index (χ1v) is 25.6. The molecule has 1 heterocycles. The summed E-state index contributed by atoms with van der Waals surface area (Å²) in [5.41, 5.74) is 24.7. The molecule has 24 nitrogen and oxygen atoms in total. The van der Waals surface area contributed by atoms with Gasteiger partial charge in [0.25, 0.3) is 0 Å². The van der Waals surface area contributed by atoms with Gasteiger partial charge in [-0.3, -0.25) is 28.8 Å². The van der Waals surface area contributed by atoms with Gasteiger partial charge in [-0.25, -0.2) is 19.2 Å². The van der Waals surface area contributed by atoms with E-state index in [1.165, 1.54) is 29.4 Å². The lowest BCUT2D eigenvalue weighted by Crippen LogP contribution is -2.53. The molecule has 6 amide bonds. The van der Waals surface area contributed by atoms with Crippen molar-refractivity contribution in [1.29, 1.82) is 0 Å². The van der Waals surface area contributed by atoms with Gasteiger partial charge in [0.05, 0.1) is 26.2 Å². The Labute approximate surface area is 484 Å². The van der Waals surface area contributed by atoms with Gasteiger partial charge in [-0.1, -0.05) is 60.7 Å². The molecule has 1 fully saturated rings. The summed E-state index contributed by atoms with van der Waals surface area (Å²) >= 11 is 0. The first kappa shape index (κ1) is 80.2. The van der Waals surface area contributed by atoms with Crippen molar-refractivity contribution in [3.8, 4) is 0 Å². The molecule has 0 aliphatic carbocycles. The average molecular weight is 1260 g/mol. The van der Waals surface area contributed by atoms with Gasteiger partial charge in [0.15, 0.2) is 0 Å². The predicted molar refractivity (Wildman–Crippen MR) is 278 cm³/mol. The number of carboxylic acid groups (broad SMARTS) is 4. The molecular weight excluding hydrogens is 1190 g/mol. The molecule has 0 saturated carbocycles. The number of carbonyl (C=O) groups excluding carboxylic acids is 6. The van der Waals surface area contributed by atoms with Crippen LogP contribution in [0.4, 0.5) is 52.7 Å². The molecule has 3 rings (SSSR count). The van der Waals surface area contributed by atoms with Crippen molar-refractivity contribution in [3.05, 3.63) is 71.8 Å². The smallest absolute Gasteiger partial charge is 0.475 e. The number of hydrogen-bond donors (Lipinski definition) is 8. The number of nitrogens with zero attached hydrogens (tertiary/aromatic N) is 6. The molecular formula is C50H70F12N10O14. The van der Waals surface area contributed by atoms with E-state index in [1.807, 2.05) is 60.7 Å². The van der Waals surface area contributed by atoms with Crippen molar-refractivity contribution < 1.29 is 121 Å². The third-order valence-corrected chi connectivity index (χ3v) is 11.0. The van der Waals surface area contributed by atoms with E-state index in [0.717, 1.165) is 11.1 Å². The molecule has 1 aliphatic rings. The highest BCUT2D eigenvalue weighted by molar-refractivity contribution is 5.94. The highest BCUT2D eigenvalue weighted by Gasteiger charge is 2.40. The highest BCUT2D eigenvalue weighted by atomic mass is 19.4. The van der Waals surface area contributed by atoms with Crippen molar-refractivity contribution in [1.82, 2.24) is 29.4 Å². The summed E-state index contributed by atoms with van der Waals surface area (Å²) < 4.78 is 127. The number of alkyl halides is 12. The van der Waals surface area contributed by atoms with E-state index in [0.29, 0.717) is 77.5 Å². The molecule has 488 valence electrons. The second-order valence-electron chi connectivity index (χ2n) is 17.9. The van der Waals surface area contributed by atoms with Crippen molar-refractivity contribution in [2.75, 3.05) is 91.6 Å². The summed E-state index contributed by atoms with van der Waals surface area (Å²) in [7, 11) is 0. The summed E-state index contributed by atoms with van der Waals surface area (Å²) in [4.78, 5) is 129. The summed E-state index contributed by atoms with van der Waals surface area (Å²) in [5.74, 6) is -13.7. The van der Waals surface area contributed by atoms with Gasteiger partial charge in [-0.15, -0.1) is 0 Å². The minimum Gasteiger partial charge on any atom is -0.475 e. The summed E-state index contributed by atoms with van der Waals surface area (Å²) in [6.45, 7) is 0.518. The highest BCUT2D eigenvalue weighted by Crippen LogP contribution is 2.17. The standard InChI is InChI=1S/C42H66N10O6.4C2HF3O2/c43-19-7-11-23-47-29-38(54)50(26-14-10-22-46)32-42(58)52(28-36-17-5-2-6-18-36)34-40(56)48(24-12-8-20-44)30-37(53)49(25-13-9-21-45)31-41(57)51(33-39(47)55)27-35-15-3-1-4-16-35;4*3-2(4,5)1(6)7/h1-6,15-18H,7-14,19-34,43-46H2;4*(H,6,7). The Balaban J connectivity index is 0. The molecule has 0 aromatic heterocycles. The van der Waals surface area contributed by atoms with Crippen LogP contribution in [0.25, 0.3) is 0 Å². The Morgan fingerprint density at radius 1 is 0.326 bits per heavy atom. The second kappa shape index (κ2) is 41.2. The minimum absolute atomic E-state index is 0.0848.